The second-order valence-corrected chi connectivity index (χ2v) is 3.41. The molecule has 1 aromatic rings. The van der Waals surface area contributed by atoms with E-state index in [1.165, 1.54) is 7.11 Å². The summed E-state index contributed by atoms with van der Waals surface area (Å²) in [7, 11) is 3.18. The first kappa shape index (κ1) is 11.4. The second kappa shape index (κ2) is 4.21. The fraction of sp³-hybridized carbons (Fsp3) is 0.364. The van der Waals surface area contributed by atoms with E-state index in [1.54, 1.807) is 13.0 Å². The lowest BCUT2D eigenvalue weighted by molar-refractivity contribution is 0.0600. The normalized spacial score (nSPS) is 11.6. The Hall–Kier alpha value is -1.71. The Morgan fingerprint density at radius 2 is 2.20 bits per heavy atom. The van der Waals surface area contributed by atoms with Gasteiger partial charge in [-0.3, -0.25) is 0 Å². The Bertz CT molecular complexity index is 416. The van der Waals surface area contributed by atoms with Gasteiger partial charge in [-0.25, -0.2) is 4.79 Å². The minimum Gasteiger partial charge on any atom is -0.515 e. The second-order valence-electron chi connectivity index (χ2n) is 3.41. The number of aliphatic hydroxyl groups is 1. The molecular weight excluding hydrogens is 194 g/mol. The fourth-order valence-corrected chi connectivity index (χ4v) is 1.53. The highest BCUT2D eigenvalue weighted by Gasteiger charge is 2.18. The van der Waals surface area contributed by atoms with Crippen LogP contribution in [0.3, 0.4) is 0 Å². The number of aromatic nitrogens is 1. The van der Waals surface area contributed by atoms with Gasteiger partial charge in [0.15, 0.2) is 0 Å². The average molecular weight is 209 g/mol. The van der Waals surface area contributed by atoms with Crippen LogP contribution in [0, 0.1) is 6.92 Å². The molecule has 0 saturated carbocycles. The van der Waals surface area contributed by atoms with E-state index in [0.717, 1.165) is 12.0 Å². The number of ether oxygens (including phenoxy) is 1. The molecule has 1 heterocycles. The number of carbonyl (C=O) groups excluding carboxylic acids is 1. The summed E-state index contributed by atoms with van der Waals surface area (Å²) in [5.41, 5.74) is 2.72. The Labute approximate surface area is 88.8 Å². The van der Waals surface area contributed by atoms with Gasteiger partial charge >= 0.3 is 5.97 Å². The molecule has 0 spiro atoms. The molecule has 0 radical (unpaired) electrons. The van der Waals surface area contributed by atoms with Crippen LogP contribution in [0.15, 0.2) is 12.3 Å². The molecule has 1 N–H and O–H groups in total. The summed E-state index contributed by atoms with van der Waals surface area (Å²) >= 11 is 0. The van der Waals surface area contributed by atoms with E-state index in [-0.39, 0.29) is 0 Å². The largest absolute Gasteiger partial charge is 0.515 e. The molecule has 0 saturated heterocycles. The molecular formula is C11H15NO3. The van der Waals surface area contributed by atoms with Crippen molar-refractivity contribution in [2.45, 2.75) is 13.8 Å². The topological polar surface area (TPSA) is 51.5 Å². The molecule has 4 heteroatoms. The Morgan fingerprint density at radius 3 is 2.67 bits per heavy atom. The number of rotatable bonds is 2. The highest BCUT2D eigenvalue weighted by molar-refractivity contribution is 5.95. The zero-order valence-electron chi connectivity index (χ0n) is 9.37. The number of aliphatic hydroxyl groups excluding tert-OH is 1. The lowest BCUT2D eigenvalue weighted by Gasteiger charge is -2.06. The van der Waals surface area contributed by atoms with Gasteiger partial charge < -0.3 is 14.4 Å². The summed E-state index contributed by atoms with van der Waals surface area (Å²) in [5, 5.41) is 8.97. The smallest absolute Gasteiger partial charge is 0.340 e. The van der Waals surface area contributed by atoms with Crippen molar-refractivity contribution in [3.63, 3.8) is 0 Å². The predicted octanol–water partition coefficient (Wildman–Crippen LogP) is 2.04. The zero-order valence-corrected chi connectivity index (χ0v) is 9.37. The summed E-state index contributed by atoms with van der Waals surface area (Å²) in [6.45, 7) is 3.63. The highest BCUT2D eigenvalue weighted by Crippen LogP contribution is 2.22. The van der Waals surface area contributed by atoms with Crippen LogP contribution in [0.25, 0.3) is 5.57 Å². The van der Waals surface area contributed by atoms with E-state index in [9.17, 15) is 4.79 Å². The Kier molecular flexibility index (Phi) is 3.19. The number of allylic oxidation sites excluding steroid dienone is 1. The van der Waals surface area contributed by atoms with Crippen LogP contribution in [0.4, 0.5) is 0 Å². The first-order chi connectivity index (χ1) is 7.02. The van der Waals surface area contributed by atoms with Crippen LogP contribution >= 0.6 is 0 Å². The number of hydrogen-bond acceptors (Lipinski definition) is 3. The van der Waals surface area contributed by atoms with Crippen LogP contribution in [0.2, 0.25) is 0 Å². The lowest BCUT2D eigenvalue weighted by Crippen LogP contribution is -2.05. The van der Waals surface area contributed by atoms with Crippen LogP contribution in [0.1, 0.15) is 28.7 Å². The highest BCUT2D eigenvalue weighted by atomic mass is 16.5. The molecule has 0 amide bonds. The van der Waals surface area contributed by atoms with Crippen LogP contribution in [0.5, 0.6) is 0 Å². The maximum atomic E-state index is 11.5. The molecule has 0 aliphatic rings. The van der Waals surface area contributed by atoms with Crippen LogP contribution in [-0.4, -0.2) is 22.8 Å². The van der Waals surface area contributed by atoms with Crippen molar-refractivity contribution in [2.75, 3.05) is 7.11 Å². The van der Waals surface area contributed by atoms with E-state index in [1.807, 2.05) is 18.5 Å². The molecule has 0 unspecified atom stereocenters. The third kappa shape index (κ3) is 1.88. The van der Waals surface area contributed by atoms with Gasteiger partial charge in [0.2, 0.25) is 0 Å². The molecule has 15 heavy (non-hydrogen) atoms. The van der Waals surface area contributed by atoms with Gasteiger partial charge in [0.25, 0.3) is 0 Å². The number of methoxy groups -OCH3 is 1. The van der Waals surface area contributed by atoms with Gasteiger partial charge in [0.1, 0.15) is 0 Å². The van der Waals surface area contributed by atoms with Gasteiger partial charge in [0.05, 0.1) is 24.6 Å². The van der Waals surface area contributed by atoms with Gasteiger partial charge in [-0.15, -0.1) is 0 Å². The first-order valence-electron chi connectivity index (χ1n) is 4.59. The summed E-state index contributed by atoms with van der Waals surface area (Å²) in [6.07, 6.45) is 0.987. The van der Waals surface area contributed by atoms with Crippen molar-refractivity contribution in [1.82, 2.24) is 4.57 Å². The van der Waals surface area contributed by atoms with Crippen molar-refractivity contribution < 1.29 is 14.6 Å². The summed E-state index contributed by atoms with van der Waals surface area (Å²) in [4.78, 5) is 11.5. The Morgan fingerprint density at radius 1 is 1.60 bits per heavy atom. The number of aryl methyl sites for hydroxylation is 1. The van der Waals surface area contributed by atoms with Crippen molar-refractivity contribution in [2.24, 2.45) is 7.05 Å². The molecule has 82 valence electrons. The average Bonchev–Trinajstić information content (AvgIpc) is 2.53. The minimum atomic E-state index is -0.394. The van der Waals surface area contributed by atoms with E-state index < -0.39 is 5.97 Å². The third-order valence-electron chi connectivity index (χ3n) is 2.45. The molecule has 0 atom stereocenters. The lowest BCUT2D eigenvalue weighted by atomic mass is 10.1. The maximum absolute atomic E-state index is 11.5. The van der Waals surface area contributed by atoms with E-state index in [2.05, 4.69) is 4.74 Å². The van der Waals surface area contributed by atoms with Gasteiger partial charge in [-0.2, -0.15) is 0 Å². The molecule has 1 aromatic heterocycles. The number of nitrogens with zero attached hydrogens (tertiary/aromatic N) is 1. The molecule has 0 bridgehead atoms. The number of carbonyl (C=O) groups is 1. The van der Waals surface area contributed by atoms with Crippen molar-refractivity contribution in [3.8, 4) is 0 Å². The van der Waals surface area contributed by atoms with Gasteiger partial charge in [0, 0.05) is 18.3 Å². The predicted molar refractivity (Wildman–Crippen MR) is 57.8 cm³/mol. The molecule has 0 fully saturated rings. The van der Waals surface area contributed by atoms with Crippen LogP contribution < -0.4 is 0 Å². The summed E-state index contributed by atoms with van der Waals surface area (Å²) in [5.74, 6) is -0.394. The minimum absolute atomic E-state index is 0.394. The quantitative estimate of drug-likeness (QED) is 0.599. The van der Waals surface area contributed by atoms with Crippen molar-refractivity contribution in [3.05, 3.63) is 29.3 Å². The van der Waals surface area contributed by atoms with Crippen molar-refractivity contribution in [1.29, 1.82) is 0 Å². The monoisotopic (exact) mass is 209 g/mol. The SMILES string of the molecule is COC(=O)c1cc(C)n(C)c1/C(C)=C/O. The molecule has 4 nitrogen and oxygen atoms in total. The first-order valence-corrected chi connectivity index (χ1v) is 4.59. The summed E-state index contributed by atoms with van der Waals surface area (Å²) < 4.78 is 6.52. The molecule has 1 rings (SSSR count). The van der Waals surface area contributed by atoms with Gasteiger partial charge in [-0.05, 0) is 19.9 Å². The fourth-order valence-electron chi connectivity index (χ4n) is 1.53. The maximum Gasteiger partial charge on any atom is 0.340 e. The zero-order chi connectivity index (χ0) is 11.6. The summed E-state index contributed by atoms with van der Waals surface area (Å²) in [6, 6.07) is 1.74. The molecule has 0 aliphatic heterocycles. The van der Waals surface area contributed by atoms with E-state index in [4.69, 9.17) is 5.11 Å². The molecule has 0 aromatic carbocycles. The number of esters is 1. The van der Waals surface area contributed by atoms with Crippen LogP contribution in [-0.2, 0) is 11.8 Å². The Balaban J connectivity index is 3.40. The molecule has 0 aliphatic carbocycles. The number of hydrogen-bond donors (Lipinski definition) is 1. The van der Waals surface area contributed by atoms with E-state index in [0.29, 0.717) is 16.8 Å². The standard InChI is InChI=1S/C11H15NO3/c1-7(6-13)10-9(11(14)15-4)5-8(2)12(10)3/h5-6,13H,1-4H3/b7-6+. The van der Waals surface area contributed by atoms with E-state index >= 15 is 0 Å². The third-order valence-corrected chi connectivity index (χ3v) is 2.45. The van der Waals surface area contributed by atoms with Gasteiger partial charge in [-0.1, -0.05) is 0 Å². The van der Waals surface area contributed by atoms with Crippen molar-refractivity contribution >= 4 is 11.5 Å².